The van der Waals surface area contributed by atoms with E-state index in [0.29, 0.717) is 6.07 Å². The smallest absolute Gasteiger partial charge is 0.416 e. The zero-order chi connectivity index (χ0) is 15.5. The van der Waals surface area contributed by atoms with Crippen LogP contribution in [0.2, 0.25) is 0 Å². The number of carbonyl (C=O) groups is 2. The maximum Gasteiger partial charge on any atom is 0.416 e. The van der Waals surface area contributed by atoms with E-state index >= 15 is 0 Å². The number of carbonyl (C=O) groups excluding carboxylic acids is 2. The van der Waals surface area contributed by atoms with Crippen molar-refractivity contribution in [2.45, 2.75) is 18.4 Å². The quantitative estimate of drug-likeness (QED) is 0.641. The Morgan fingerprint density at radius 3 is 2.40 bits per heavy atom. The average Bonchev–Trinajstić information content (AvgIpc) is 2.43. The number of alkyl halides is 3. The molecule has 0 saturated carbocycles. The molecule has 0 aliphatic rings. The van der Waals surface area contributed by atoms with E-state index in [9.17, 15) is 33.0 Å². The molecule has 0 saturated heterocycles. The maximum absolute atomic E-state index is 12.8. The van der Waals surface area contributed by atoms with E-state index in [1.165, 1.54) is 0 Å². The molecule has 1 rings (SSSR count). The molecule has 0 aliphatic carbocycles. The minimum absolute atomic E-state index is 0.210. The third-order valence-electron chi connectivity index (χ3n) is 2.58. The van der Waals surface area contributed by atoms with Gasteiger partial charge < -0.3 is 14.9 Å². The van der Waals surface area contributed by atoms with Crippen molar-refractivity contribution in [3.05, 3.63) is 34.9 Å². The summed E-state index contributed by atoms with van der Waals surface area (Å²) in [7, 11) is 0.915. The summed E-state index contributed by atoms with van der Waals surface area (Å²) in [5.41, 5.74) is -2.28. The summed E-state index contributed by atoms with van der Waals surface area (Å²) in [5.74, 6) is -1.27. The zero-order valence-electron chi connectivity index (χ0n) is 10.2. The molecular weight excluding hydrogens is 281 g/mol. The van der Waals surface area contributed by atoms with Crippen LogP contribution in [0.15, 0.2) is 18.2 Å². The van der Waals surface area contributed by atoms with Crippen LogP contribution >= 0.6 is 0 Å². The minimum atomic E-state index is -4.86. The highest BCUT2D eigenvalue weighted by Crippen LogP contribution is 2.36. The van der Waals surface area contributed by atoms with E-state index in [4.69, 9.17) is 0 Å². The predicted molar refractivity (Wildman–Crippen MR) is 59.8 cm³/mol. The van der Waals surface area contributed by atoms with Crippen LogP contribution in [0.4, 0.5) is 13.2 Å². The summed E-state index contributed by atoms with van der Waals surface area (Å²) < 4.78 is 42.7. The molecule has 0 radical (unpaired) electrons. The molecule has 0 aliphatic heterocycles. The average molecular weight is 292 g/mol. The predicted octanol–water partition coefficient (Wildman–Crippen LogP) is 1.09. The van der Waals surface area contributed by atoms with Gasteiger partial charge in [0.15, 0.2) is 6.10 Å². The molecule has 2 unspecified atom stereocenters. The topological polar surface area (TPSA) is 83.8 Å². The van der Waals surface area contributed by atoms with Gasteiger partial charge in [-0.3, -0.25) is 4.79 Å². The Hall–Kier alpha value is -1.93. The number of aliphatic hydroxyl groups is 2. The van der Waals surface area contributed by atoms with E-state index in [1.807, 2.05) is 0 Å². The Labute approximate surface area is 111 Å². The third kappa shape index (κ3) is 3.34. The molecule has 2 atom stereocenters. The lowest BCUT2D eigenvalue weighted by molar-refractivity contribution is -0.158. The molecule has 110 valence electrons. The van der Waals surface area contributed by atoms with Crippen LogP contribution in [0.1, 0.15) is 27.6 Å². The maximum atomic E-state index is 12.8. The van der Waals surface area contributed by atoms with Crippen LogP contribution < -0.4 is 0 Å². The molecule has 0 spiro atoms. The SMILES string of the molecule is COC(=O)C(O)C(O)c1ccc(C=O)cc1C(F)(F)F. The summed E-state index contributed by atoms with van der Waals surface area (Å²) in [4.78, 5) is 21.5. The lowest BCUT2D eigenvalue weighted by atomic mass is 9.96. The number of methoxy groups -OCH3 is 1. The molecular formula is C12H11F3O5. The van der Waals surface area contributed by atoms with Crippen molar-refractivity contribution in [1.29, 1.82) is 0 Å². The number of aldehydes is 1. The van der Waals surface area contributed by atoms with Crippen molar-refractivity contribution in [2.75, 3.05) is 7.11 Å². The number of hydrogen-bond donors (Lipinski definition) is 2. The molecule has 5 nitrogen and oxygen atoms in total. The first-order valence-electron chi connectivity index (χ1n) is 5.32. The van der Waals surface area contributed by atoms with Gasteiger partial charge in [0, 0.05) is 5.56 Å². The van der Waals surface area contributed by atoms with Crippen LogP contribution in [-0.2, 0) is 15.7 Å². The summed E-state index contributed by atoms with van der Waals surface area (Å²) in [6.45, 7) is 0. The van der Waals surface area contributed by atoms with Crippen LogP contribution in [0.5, 0.6) is 0 Å². The highest BCUT2D eigenvalue weighted by Gasteiger charge is 2.38. The van der Waals surface area contributed by atoms with Crippen molar-refractivity contribution < 1.29 is 37.7 Å². The number of esters is 1. The molecule has 1 aromatic rings. The van der Waals surface area contributed by atoms with Gasteiger partial charge in [0.25, 0.3) is 0 Å². The van der Waals surface area contributed by atoms with E-state index in [2.05, 4.69) is 4.74 Å². The second kappa shape index (κ2) is 6.02. The molecule has 20 heavy (non-hydrogen) atoms. The van der Waals surface area contributed by atoms with E-state index in [0.717, 1.165) is 19.2 Å². The molecule has 0 heterocycles. The fraction of sp³-hybridized carbons (Fsp3) is 0.333. The largest absolute Gasteiger partial charge is 0.467 e. The Kier molecular flexibility index (Phi) is 4.85. The first kappa shape index (κ1) is 16.1. The normalized spacial score (nSPS) is 14.5. The Bertz CT molecular complexity index is 512. The van der Waals surface area contributed by atoms with E-state index in [1.54, 1.807) is 0 Å². The number of aliphatic hydroxyl groups excluding tert-OH is 2. The molecule has 0 bridgehead atoms. The van der Waals surface area contributed by atoms with Crippen molar-refractivity contribution in [3.8, 4) is 0 Å². The zero-order valence-corrected chi connectivity index (χ0v) is 10.2. The Balaban J connectivity index is 3.30. The minimum Gasteiger partial charge on any atom is -0.467 e. The lowest BCUT2D eigenvalue weighted by Crippen LogP contribution is -2.30. The van der Waals surface area contributed by atoms with Crippen LogP contribution in [0, 0.1) is 0 Å². The van der Waals surface area contributed by atoms with Gasteiger partial charge in [-0.1, -0.05) is 12.1 Å². The number of ether oxygens (including phenoxy) is 1. The van der Waals surface area contributed by atoms with Crippen LogP contribution in [0.3, 0.4) is 0 Å². The standard InChI is InChI=1S/C12H11F3O5/c1-20-11(19)10(18)9(17)7-3-2-6(5-16)4-8(7)12(13,14)15/h2-5,9-10,17-18H,1H3. The molecule has 1 aromatic carbocycles. The number of halogens is 3. The number of rotatable bonds is 4. The highest BCUT2D eigenvalue weighted by atomic mass is 19.4. The number of benzene rings is 1. The van der Waals surface area contributed by atoms with Gasteiger partial charge in [-0.25, -0.2) is 4.79 Å². The van der Waals surface area contributed by atoms with Gasteiger partial charge >= 0.3 is 12.1 Å². The highest BCUT2D eigenvalue weighted by molar-refractivity contribution is 5.77. The second-order valence-corrected chi connectivity index (χ2v) is 3.88. The van der Waals surface area contributed by atoms with Crippen molar-refractivity contribution in [3.63, 3.8) is 0 Å². The molecule has 2 N–H and O–H groups in total. The molecule has 8 heteroatoms. The van der Waals surface area contributed by atoms with Gasteiger partial charge in [0.2, 0.25) is 0 Å². The summed E-state index contributed by atoms with van der Waals surface area (Å²) in [5, 5.41) is 19.1. The fourth-order valence-corrected chi connectivity index (χ4v) is 1.57. The van der Waals surface area contributed by atoms with Gasteiger partial charge in [0.05, 0.1) is 12.7 Å². The number of hydrogen-bond acceptors (Lipinski definition) is 5. The van der Waals surface area contributed by atoms with Gasteiger partial charge in [0.1, 0.15) is 12.4 Å². The summed E-state index contributed by atoms with van der Waals surface area (Å²) >= 11 is 0. The van der Waals surface area contributed by atoms with Crippen molar-refractivity contribution >= 4 is 12.3 Å². The summed E-state index contributed by atoms with van der Waals surface area (Å²) in [6.07, 6.45) is -8.93. The first-order chi connectivity index (χ1) is 9.22. The van der Waals surface area contributed by atoms with Gasteiger partial charge in [-0.2, -0.15) is 13.2 Å². The van der Waals surface area contributed by atoms with Gasteiger partial charge in [-0.05, 0) is 11.6 Å². The molecule has 0 aromatic heterocycles. The second-order valence-electron chi connectivity index (χ2n) is 3.88. The Morgan fingerprint density at radius 2 is 1.95 bits per heavy atom. The third-order valence-corrected chi connectivity index (χ3v) is 2.58. The Morgan fingerprint density at radius 1 is 1.35 bits per heavy atom. The van der Waals surface area contributed by atoms with E-state index < -0.39 is 35.5 Å². The molecule has 0 amide bonds. The molecule has 0 fully saturated rings. The van der Waals surface area contributed by atoms with Crippen molar-refractivity contribution in [2.24, 2.45) is 0 Å². The van der Waals surface area contributed by atoms with Crippen LogP contribution in [0.25, 0.3) is 0 Å². The monoisotopic (exact) mass is 292 g/mol. The van der Waals surface area contributed by atoms with Gasteiger partial charge in [-0.15, -0.1) is 0 Å². The van der Waals surface area contributed by atoms with E-state index in [-0.39, 0.29) is 11.8 Å². The fourth-order valence-electron chi connectivity index (χ4n) is 1.57. The van der Waals surface area contributed by atoms with Crippen molar-refractivity contribution in [1.82, 2.24) is 0 Å². The summed E-state index contributed by atoms with van der Waals surface area (Å²) in [6, 6.07) is 2.38. The van der Waals surface area contributed by atoms with Crippen LogP contribution in [-0.4, -0.2) is 35.7 Å². The lowest BCUT2D eigenvalue weighted by Gasteiger charge is -2.20. The first-order valence-corrected chi connectivity index (χ1v) is 5.32.